The van der Waals surface area contributed by atoms with Gasteiger partial charge in [0.15, 0.2) is 4.80 Å². The summed E-state index contributed by atoms with van der Waals surface area (Å²) in [5.74, 6) is -0.812. The maximum Gasteiger partial charge on any atom is 0.326 e. The second-order valence-electron chi connectivity index (χ2n) is 5.85. The number of fused-ring (bicyclic) bond motifs is 1. The molecule has 2 aromatic carbocycles. The second kappa shape index (κ2) is 8.57. The zero-order chi connectivity index (χ0) is 20.1. The lowest BCUT2D eigenvalue weighted by Gasteiger charge is -2.05. The molecule has 3 rings (SSSR count). The standard InChI is InChI=1S/C19H17N3O5S/c1-2-27-18(24)12-21-15-5-3-4-6-16(15)28-19(21)20-17(23)11-13-7-9-14(10-8-13)22(25)26/h3-10H,2,11-12H2,1H3. The summed E-state index contributed by atoms with van der Waals surface area (Å²) in [5.41, 5.74) is 1.38. The quantitative estimate of drug-likeness (QED) is 0.360. The summed E-state index contributed by atoms with van der Waals surface area (Å²) < 4.78 is 7.57. The van der Waals surface area contributed by atoms with Gasteiger partial charge in [0.25, 0.3) is 11.6 Å². The molecular weight excluding hydrogens is 382 g/mol. The van der Waals surface area contributed by atoms with Crippen LogP contribution in [0.15, 0.2) is 53.5 Å². The monoisotopic (exact) mass is 399 g/mol. The van der Waals surface area contributed by atoms with Crippen LogP contribution in [0.3, 0.4) is 0 Å². The normalized spacial score (nSPS) is 11.5. The van der Waals surface area contributed by atoms with Crippen molar-refractivity contribution in [2.24, 2.45) is 4.99 Å². The first kappa shape index (κ1) is 19.4. The van der Waals surface area contributed by atoms with Gasteiger partial charge in [0, 0.05) is 12.1 Å². The topological polar surface area (TPSA) is 104 Å². The van der Waals surface area contributed by atoms with Crippen LogP contribution in [-0.4, -0.2) is 28.0 Å². The predicted molar refractivity (Wildman–Crippen MR) is 104 cm³/mol. The number of benzene rings is 2. The first-order valence-electron chi connectivity index (χ1n) is 8.53. The number of carbonyl (C=O) groups is 2. The number of para-hydroxylation sites is 1. The lowest BCUT2D eigenvalue weighted by molar-refractivity contribution is -0.384. The number of thiazole rings is 1. The Morgan fingerprint density at radius 3 is 2.57 bits per heavy atom. The number of nitrogens with zero attached hydrogens (tertiary/aromatic N) is 3. The van der Waals surface area contributed by atoms with Gasteiger partial charge in [-0.2, -0.15) is 4.99 Å². The molecule has 0 unspecified atom stereocenters. The van der Waals surface area contributed by atoms with E-state index in [1.54, 1.807) is 11.5 Å². The van der Waals surface area contributed by atoms with Gasteiger partial charge >= 0.3 is 5.97 Å². The van der Waals surface area contributed by atoms with E-state index in [4.69, 9.17) is 4.74 Å². The van der Waals surface area contributed by atoms with Gasteiger partial charge in [-0.1, -0.05) is 35.6 Å². The Morgan fingerprint density at radius 1 is 1.18 bits per heavy atom. The van der Waals surface area contributed by atoms with Crippen molar-refractivity contribution >= 4 is 39.1 Å². The number of nitro benzene ring substituents is 1. The molecule has 0 bridgehead atoms. The van der Waals surface area contributed by atoms with Crippen molar-refractivity contribution in [2.45, 2.75) is 19.9 Å². The molecule has 0 fully saturated rings. The summed E-state index contributed by atoms with van der Waals surface area (Å²) in [7, 11) is 0. The van der Waals surface area contributed by atoms with E-state index in [0.29, 0.717) is 10.4 Å². The van der Waals surface area contributed by atoms with E-state index >= 15 is 0 Å². The number of nitro groups is 1. The van der Waals surface area contributed by atoms with Crippen LogP contribution in [0, 0.1) is 10.1 Å². The van der Waals surface area contributed by atoms with Crippen molar-refractivity contribution in [2.75, 3.05) is 6.61 Å². The average Bonchev–Trinajstić information content (AvgIpc) is 2.99. The Bertz CT molecular complexity index is 1100. The van der Waals surface area contributed by atoms with E-state index in [-0.39, 0.29) is 25.3 Å². The molecule has 0 atom stereocenters. The summed E-state index contributed by atoms with van der Waals surface area (Å²) in [6, 6.07) is 13.2. The summed E-state index contributed by atoms with van der Waals surface area (Å²) in [4.78, 5) is 39.2. The van der Waals surface area contributed by atoms with Gasteiger partial charge in [-0.15, -0.1) is 0 Å². The highest BCUT2D eigenvalue weighted by atomic mass is 32.1. The molecule has 1 amide bonds. The van der Waals surface area contributed by atoms with Crippen LogP contribution in [0.2, 0.25) is 0 Å². The summed E-state index contributed by atoms with van der Waals surface area (Å²) in [5, 5.41) is 10.7. The van der Waals surface area contributed by atoms with Crippen molar-refractivity contribution in [3.8, 4) is 0 Å². The molecule has 28 heavy (non-hydrogen) atoms. The molecule has 0 aliphatic rings. The Balaban J connectivity index is 1.90. The van der Waals surface area contributed by atoms with Crippen molar-refractivity contribution in [3.05, 3.63) is 69.0 Å². The summed E-state index contributed by atoms with van der Waals surface area (Å²) >= 11 is 1.31. The molecule has 0 aliphatic heterocycles. The zero-order valence-corrected chi connectivity index (χ0v) is 15.8. The average molecular weight is 399 g/mol. The first-order valence-corrected chi connectivity index (χ1v) is 9.34. The lowest BCUT2D eigenvalue weighted by atomic mass is 10.1. The highest BCUT2D eigenvalue weighted by Gasteiger charge is 2.12. The third-order valence-corrected chi connectivity index (χ3v) is 4.96. The number of esters is 1. The second-order valence-corrected chi connectivity index (χ2v) is 6.86. The molecule has 0 saturated carbocycles. The fourth-order valence-electron chi connectivity index (χ4n) is 2.65. The number of amides is 1. The largest absolute Gasteiger partial charge is 0.465 e. The third-order valence-electron chi connectivity index (χ3n) is 3.90. The molecular formula is C19H17N3O5S. The molecule has 144 valence electrons. The molecule has 0 radical (unpaired) electrons. The Labute approximate surface area is 163 Å². The minimum Gasteiger partial charge on any atom is -0.465 e. The maximum absolute atomic E-state index is 12.4. The van der Waals surface area contributed by atoms with Crippen molar-refractivity contribution in [1.29, 1.82) is 0 Å². The number of carbonyl (C=O) groups excluding carboxylic acids is 2. The van der Waals surface area contributed by atoms with E-state index in [9.17, 15) is 19.7 Å². The van der Waals surface area contributed by atoms with Gasteiger partial charge in [0.2, 0.25) is 0 Å². The predicted octanol–water partition coefficient (Wildman–Crippen LogP) is 2.84. The van der Waals surface area contributed by atoms with Crippen molar-refractivity contribution in [3.63, 3.8) is 0 Å². The summed E-state index contributed by atoms with van der Waals surface area (Å²) in [6.45, 7) is 1.96. The van der Waals surface area contributed by atoms with Crippen LogP contribution in [0.5, 0.6) is 0 Å². The van der Waals surface area contributed by atoms with Crippen LogP contribution >= 0.6 is 11.3 Å². The minimum atomic E-state index is -0.495. The number of non-ortho nitro benzene ring substituents is 1. The number of hydrogen-bond donors (Lipinski definition) is 0. The van der Waals surface area contributed by atoms with Crippen molar-refractivity contribution in [1.82, 2.24) is 4.57 Å². The smallest absolute Gasteiger partial charge is 0.326 e. The SMILES string of the molecule is CCOC(=O)Cn1c(=NC(=O)Cc2ccc([N+](=O)[O-])cc2)sc2ccccc21. The first-order chi connectivity index (χ1) is 13.5. The third kappa shape index (κ3) is 4.49. The molecule has 3 aromatic rings. The van der Waals surface area contributed by atoms with E-state index in [1.165, 1.54) is 35.6 Å². The molecule has 1 aromatic heterocycles. The fraction of sp³-hybridized carbons (Fsp3) is 0.211. The lowest BCUT2D eigenvalue weighted by Crippen LogP contribution is -2.23. The van der Waals surface area contributed by atoms with E-state index in [0.717, 1.165) is 10.2 Å². The van der Waals surface area contributed by atoms with E-state index in [1.807, 2.05) is 24.3 Å². The Morgan fingerprint density at radius 2 is 1.89 bits per heavy atom. The number of hydrogen-bond acceptors (Lipinski definition) is 6. The molecule has 0 N–H and O–H groups in total. The number of rotatable bonds is 6. The van der Waals surface area contributed by atoms with Gasteiger partial charge in [-0.05, 0) is 24.6 Å². The number of aromatic nitrogens is 1. The van der Waals surface area contributed by atoms with E-state index < -0.39 is 16.8 Å². The Kier molecular flexibility index (Phi) is 5.95. The Hall–Kier alpha value is -3.33. The van der Waals surface area contributed by atoms with Crippen molar-refractivity contribution < 1.29 is 19.2 Å². The molecule has 0 saturated heterocycles. The molecule has 0 spiro atoms. The van der Waals surface area contributed by atoms with Crippen LogP contribution in [-0.2, 0) is 27.3 Å². The van der Waals surface area contributed by atoms with Gasteiger partial charge < -0.3 is 9.30 Å². The zero-order valence-electron chi connectivity index (χ0n) is 15.0. The van der Waals surface area contributed by atoms with Crippen LogP contribution < -0.4 is 4.80 Å². The molecule has 8 nitrogen and oxygen atoms in total. The molecule has 0 aliphatic carbocycles. The highest BCUT2D eigenvalue weighted by Crippen LogP contribution is 2.17. The van der Waals surface area contributed by atoms with Gasteiger partial charge in [0.1, 0.15) is 6.54 Å². The van der Waals surface area contributed by atoms with Gasteiger partial charge in [0.05, 0.1) is 28.2 Å². The van der Waals surface area contributed by atoms with Crippen LogP contribution in [0.25, 0.3) is 10.2 Å². The number of ether oxygens (including phenoxy) is 1. The van der Waals surface area contributed by atoms with Gasteiger partial charge in [-0.25, -0.2) is 0 Å². The highest BCUT2D eigenvalue weighted by molar-refractivity contribution is 7.16. The summed E-state index contributed by atoms with van der Waals surface area (Å²) in [6.07, 6.45) is 0.00560. The fourth-order valence-corrected chi connectivity index (χ4v) is 3.70. The van der Waals surface area contributed by atoms with Crippen LogP contribution in [0.4, 0.5) is 5.69 Å². The minimum absolute atomic E-state index is 0.00560. The maximum atomic E-state index is 12.4. The molecule has 9 heteroatoms. The molecule has 1 heterocycles. The van der Waals surface area contributed by atoms with Gasteiger partial charge in [-0.3, -0.25) is 19.7 Å². The van der Waals surface area contributed by atoms with E-state index in [2.05, 4.69) is 4.99 Å². The van der Waals surface area contributed by atoms with Crippen LogP contribution in [0.1, 0.15) is 12.5 Å².